The van der Waals surface area contributed by atoms with Crippen molar-refractivity contribution in [3.8, 4) is 5.75 Å². The van der Waals surface area contributed by atoms with Gasteiger partial charge in [0, 0.05) is 11.5 Å². The van der Waals surface area contributed by atoms with E-state index in [1.807, 2.05) is 24.3 Å². The van der Waals surface area contributed by atoms with Gasteiger partial charge in [0.2, 0.25) is 0 Å². The van der Waals surface area contributed by atoms with Crippen LogP contribution >= 0.6 is 11.8 Å². The van der Waals surface area contributed by atoms with Crippen LogP contribution in [0.3, 0.4) is 0 Å². The molecule has 1 atom stereocenters. The summed E-state index contributed by atoms with van der Waals surface area (Å²) < 4.78 is 5.09. The number of Topliss-reactive ketones (excluding diaryl/α,β-unsaturated/α-hetero) is 1. The molecule has 5 nitrogen and oxygen atoms in total. The van der Waals surface area contributed by atoms with Gasteiger partial charge in [0.05, 0.1) is 23.5 Å². The lowest BCUT2D eigenvalue weighted by molar-refractivity contribution is -0.132. The summed E-state index contributed by atoms with van der Waals surface area (Å²) in [7, 11) is 3.37. The average molecular weight is 280 g/mol. The monoisotopic (exact) mass is 280 g/mol. The number of carbonyl (C=O) groups is 1. The molecule has 0 saturated carbocycles. The van der Waals surface area contributed by atoms with E-state index < -0.39 is 0 Å². The van der Waals surface area contributed by atoms with Gasteiger partial charge in [-0.1, -0.05) is 12.1 Å². The van der Waals surface area contributed by atoms with Gasteiger partial charge in [-0.05, 0) is 24.7 Å². The van der Waals surface area contributed by atoms with Gasteiger partial charge < -0.3 is 10.1 Å². The van der Waals surface area contributed by atoms with E-state index in [1.165, 1.54) is 5.56 Å². The van der Waals surface area contributed by atoms with Crippen molar-refractivity contribution in [2.24, 2.45) is 0 Å². The van der Waals surface area contributed by atoms with Crippen LogP contribution in [0.4, 0.5) is 0 Å². The fraction of sp³-hybridized carbons (Fsp3) is 0.385. The Labute approximate surface area is 117 Å². The van der Waals surface area contributed by atoms with Gasteiger partial charge in [-0.25, -0.2) is 0 Å². The second kappa shape index (κ2) is 8.48. The quantitative estimate of drug-likeness (QED) is 0.429. The zero-order valence-electron chi connectivity index (χ0n) is 11.1. The van der Waals surface area contributed by atoms with E-state index in [4.69, 9.17) is 10.3 Å². The molecule has 0 radical (unpaired) electrons. The fourth-order valence-electron chi connectivity index (χ4n) is 1.48. The van der Waals surface area contributed by atoms with Gasteiger partial charge in [0.25, 0.3) is 5.78 Å². The van der Waals surface area contributed by atoms with Crippen LogP contribution in [-0.2, 0) is 10.5 Å². The SMILES string of the molecule is CN[C@@H](CSCc1ccc(OC)cc1)C(=O)C=[N+]=N. The molecule has 1 aromatic rings. The molecule has 0 aliphatic rings. The topological polar surface area (TPSA) is 76.3 Å². The number of hydrogen-bond donors (Lipinski definition) is 2. The zero-order valence-corrected chi connectivity index (χ0v) is 11.9. The molecule has 0 aliphatic carbocycles. The van der Waals surface area contributed by atoms with E-state index >= 15 is 0 Å². The highest BCUT2D eigenvalue weighted by Gasteiger charge is 2.18. The van der Waals surface area contributed by atoms with E-state index in [-0.39, 0.29) is 11.8 Å². The van der Waals surface area contributed by atoms with Gasteiger partial charge in [0.1, 0.15) is 5.75 Å². The van der Waals surface area contributed by atoms with E-state index in [2.05, 4.69) is 10.1 Å². The Morgan fingerprint density at radius 1 is 1.53 bits per heavy atom. The summed E-state index contributed by atoms with van der Waals surface area (Å²) >= 11 is 1.66. The summed E-state index contributed by atoms with van der Waals surface area (Å²) in [6.07, 6.45) is 1.04. The molecule has 0 amide bonds. The van der Waals surface area contributed by atoms with Crippen LogP contribution in [0.5, 0.6) is 5.75 Å². The van der Waals surface area contributed by atoms with Crippen molar-refractivity contribution in [1.29, 1.82) is 5.53 Å². The molecular weight excluding hydrogens is 262 g/mol. The van der Waals surface area contributed by atoms with Crippen LogP contribution in [0, 0.1) is 5.53 Å². The molecule has 0 unspecified atom stereocenters. The number of hydrogen-bond acceptors (Lipinski definition) is 5. The Hall–Kier alpha value is -1.62. The summed E-state index contributed by atoms with van der Waals surface area (Å²) in [5.74, 6) is 2.14. The Bertz CT molecular complexity index is 455. The molecule has 0 fully saturated rings. The summed E-state index contributed by atoms with van der Waals surface area (Å²) in [4.78, 5) is 14.5. The van der Waals surface area contributed by atoms with E-state index in [0.29, 0.717) is 5.75 Å². The third kappa shape index (κ3) is 5.26. The summed E-state index contributed by atoms with van der Waals surface area (Å²) in [5.41, 5.74) is 7.84. The first-order valence-electron chi connectivity index (χ1n) is 5.82. The molecule has 2 N–H and O–H groups in total. The Morgan fingerprint density at radius 3 is 2.74 bits per heavy atom. The average Bonchev–Trinajstić information content (AvgIpc) is 2.44. The lowest BCUT2D eigenvalue weighted by Crippen LogP contribution is -2.37. The number of ketones is 1. The maximum atomic E-state index is 11.5. The van der Waals surface area contributed by atoms with Crippen molar-refractivity contribution >= 4 is 23.8 Å². The number of thioether (sulfide) groups is 1. The number of methoxy groups -OCH3 is 1. The van der Waals surface area contributed by atoms with Crippen molar-refractivity contribution in [1.82, 2.24) is 5.32 Å². The second-order valence-electron chi connectivity index (χ2n) is 3.87. The normalized spacial score (nSPS) is 11.5. The number of likely N-dealkylation sites (N-methyl/N-ethyl adjacent to an activating group) is 1. The van der Waals surface area contributed by atoms with Crippen molar-refractivity contribution in [2.45, 2.75) is 11.8 Å². The summed E-state index contributed by atoms with van der Waals surface area (Å²) in [6.45, 7) is 0. The number of benzene rings is 1. The first-order valence-corrected chi connectivity index (χ1v) is 6.98. The molecule has 0 saturated heterocycles. The second-order valence-corrected chi connectivity index (χ2v) is 4.90. The minimum atomic E-state index is -0.294. The summed E-state index contributed by atoms with van der Waals surface area (Å²) in [5, 5.41) is 2.93. The van der Waals surface area contributed by atoms with E-state index in [9.17, 15) is 4.79 Å². The molecule has 0 heterocycles. The minimum Gasteiger partial charge on any atom is -0.497 e. The molecule has 1 aromatic carbocycles. The molecule has 0 bridgehead atoms. The number of rotatable bonds is 8. The highest BCUT2D eigenvalue weighted by atomic mass is 32.2. The van der Waals surface area contributed by atoms with Crippen molar-refractivity contribution in [3.63, 3.8) is 0 Å². The molecule has 6 heteroatoms. The van der Waals surface area contributed by atoms with Crippen molar-refractivity contribution in [3.05, 3.63) is 29.8 Å². The van der Waals surface area contributed by atoms with Gasteiger partial charge in [0.15, 0.2) is 0 Å². The fourth-order valence-corrected chi connectivity index (χ4v) is 2.59. The number of nitrogens with one attached hydrogen (secondary N) is 2. The number of carbonyl (C=O) groups excluding carboxylic acids is 1. The third-order valence-electron chi connectivity index (χ3n) is 2.60. The summed E-state index contributed by atoms with van der Waals surface area (Å²) in [6, 6.07) is 7.56. The Morgan fingerprint density at radius 2 is 2.21 bits per heavy atom. The zero-order chi connectivity index (χ0) is 14.1. The van der Waals surface area contributed by atoms with Crippen LogP contribution in [0.2, 0.25) is 0 Å². The highest BCUT2D eigenvalue weighted by Crippen LogP contribution is 2.17. The van der Waals surface area contributed by atoms with Crippen LogP contribution < -0.4 is 10.1 Å². The number of nitrogens with zero attached hydrogens (tertiary/aromatic N) is 1. The first-order chi connectivity index (χ1) is 9.21. The van der Waals surface area contributed by atoms with E-state index in [0.717, 1.165) is 17.7 Å². The van der Waals surface area contributed by atoms with Crippen LogP contribution in [0.25, 0.3) is 0 Å². The molecular formula is C13H18N3O2S+. The Balaban J connectivity index is 2.43. The van der Waals surface area contributed by atoms with Gasteiger partial charge >= 0.3 is 6.21 Å². The predicted molar refractivity (Wildman–Crippen MR) is 76.1 cm³/mol. The standard InChI is InChI=1S/C13H18N3O2S/c1-15-12(13(17)7-16-14)9-19-8-10-3-5-11(18-2)6-4-10/h3-7,12,14-15H,8-9H2,1-2H3/q+1/t12-/m0/s1. The molecule has 19 heavy (non-hydrogen) atoms. The molecule has 102 valence electrons. The van der Waals surface area contributed by atoms with Crippen LogP contribution in [0.15, 0.2) is 24.3 Å². The largest absolute Gasteiger partial charge is 0.497 e. The number of ether oxygens (including phenoxy) is 1. The lowest BCUT2D eigenvalue weighted by atomic mass is 10.2. The smallest absolute Gasteiger partial charge is 0.374 e. The molecule has 0 aromatic heterocycles. The third-order valence-corrected chi connectivity index (χ3v) is 3.70. The van der Waals surface area contributed by atoms with E-state index in [1.54, 1.807) is 25.9 Å². The highest BCUT2D eigenvalue weighted by molar-refractivity contribution is 7.98. The van der Waals surface area contributed by atoms with Gasteiger partial charge in [-0.15, -0.1) is 0 Å². The maximum absolute atomic E-state index is 11.5. The minimum absolute atomic E-state index is 0.167. The van der Waals surface area contributed by atoms with Crippen molar-refractivity contribution < 1.29 is 14.3 Å². The predicted octanol–water partition coefficient (Wildman–Crippen LogP) is 1.40. The van der Waals surface area contributed by atoms with Crippen molar-refractivity contribution in [2.75, 3.05) is 19.9 Å². The Kier molecular flexibility index (Phi) is 6.89. The lowest BCUT2D eigenvalue weighted by Gasteiger charge is -2.10. The van der Waals surface area contributed by atoms with Crippen LogP contribution in [-0.4, -0.2) is 42.7 Å². The maximum Gasteiger partial charge on any atom is 0.374 e. The molecule has 0 aliphatic heterocycles. The van der Waals surface area contributed by atoms with Gasteiger partial charge in [-0.3, -0.25) is 4.79 Å². The first kappa shape index (κ1) is 15.4. The molecule has 1 rings (SSSR count). The van der Waals surface area contributed by atoms with Crippen LogP contribution in [0.1, 0.15) is 5.56 Å². The molecule has 0 spiro atoms. The van der Waals surface area contributed by atoms with Gasteiger partial charge in [-0.2, -0.15) is 11.8 Å².